The molecule has 0 amide bonds. The number of nitrogens with zero attached hydrogens (tertiary/aromatic N) is 1. The van der Waals surface area contributed by atoms with Gasteiger partial charge >= 0.3 is 12.1 Å². The third-order valence-corrected chi connectivity index (χ3v) is 7.23. The van der Waals surface area contributed by atoms with Crippen LogP contribution in [0.5, 0.6) is 5.75 Å². The van der Waals surface area contributed by atoms with E-state index in [1.807, 2.05) is 0 Å². The van der Waals surface area contributed by atoms with Crippen LogP contribution < -0.4 is 4.74 Å². The topological polar surface area (TPSA) is 93.1 Å². The number of rotatable bonds is 7. The van der Waals surface area contributed by atoms with Gasteiger partial charge in [0.05, 0.1) is 23.7 Å². The van der Waals surface area contributed by atoms with E-state index in [0.29, 0.717) is 6.07 Å². The number of carbonyl (C=O) groups is 1. The molecule has 0 radical (unpaired) electrons. The second-order valence-electron chi connectivity index (χ2n) is 7.22. The van der Waals surface area contributed by atoms with E-state index in [0.717, 1.165) is 10.4 Å². The first-order valence-electron chi connectivity index (χ1n) is 9.93. The number of benzene rings is 2. The molecule has 1 saturated heterocycles. The molecule has 0 aromatic heterocycles. The molecule has 0 bridgehead atoms. The van der Waals surface area contributed by atoms with E-state index in [9.17, 15) is 31.5 Å². The molecular formula is C21H21ClF3NO6S. The maximum Gasteiger partial charge on any atom is 0.417 e. The number of hydrogen-bond acceptors (Lipinski definition) is 5. The lowest BCUT2D eigenvalue weighted by Gasteiger charge is -2.27. The van der Waals surface area contributed by atoms with E-state index in [1.54, 1.807) is 6.92 Å². The summed E-state index contributed by atoms with van der Waals surface area (Å²) in [7, 11) is -4.43. The normalized spacial score (nSPS) is 16.4. The molecule has 1 heterocycles. The summed E-state index contributed by atoms with van der Waals surface area (Å²) in [6.07, 6.45) is -6.09. The molecule has 1 N–H and O–H groups in total. The molecule has 0 saturated carbocycles. The summed E-state index contributed by atoms with van der Waals surface area (Å²) in [5.41, 5.74) is -1.27. The van der Waals surface area contributed by atoms with Crippen LogP contribution in [0.25, 0.3) is 11.1 Å². The average molecular weight is 508 g/mol. The van der Waals surface area contributed by atoms with Gasteiger partial charge in [-0.3, -0.25) is 0 Å². The molecule has 1 aliphatic heterocycles. The summed E-state index contributed by atoms with van der Waals surface area (Å²) in [6.45, 7) is 1.65. The van der Waals surface area contributed by atoms with Gasteiger partial charge < -0.3 is 14.6 Å². The Balaban J connectivity index is 2.13. The lowest BCUT2D eigenvalue weighted by atomic mass is 10.0. The van der Waals surface area contributed by atoms with Gasteiger partial charge in [-0.25, -0.2) is 13.2 Å². The summed E-state index contributed by atoms with van der Waals surface area (Å²) in [5.74, 6) is -1.23. The lowest BCUT2D eigenvalue weighted by molar-refractivity contribution is -0.145. The van der Waals surface area contributed by atoms with Crippen LogP contribution >= 0.6 is 11.6 Å². The van der Waals surface area contributed by atoms with Crippen molar-refractivity contribution in [3.63, 3.8) is 0 Å². The first-order chi connectivity index (χ1) is 15.4. The van der Waals surface area contributed by atoms with Crippen LogP contribution in [-0.2, 0) is 25.7 Å². The molecule has 12 heteroatoms. The fourth-order valence-corrected chi connectivity index (χ4v) is 5.13. The summed E-state index contributed by atoms with van der Waals surface area (Å²) in [6, 6.07) is 6.90. The Bertz CT molecular complexity index is 1130. The zero-order chi connectivity index (χ0) is 24.4. The molecule has 1 unspecified atom stereocenters. The van der Waals surface area contributed by atoms with Crippen LogP contribution in [0.2, 0.25) is 5.02 Å². The van der Waals surface area contributed by atoms with E-state index >= 15 is 0 Å². The van der Waals surface area contributed by atoms with Crippen molar-refractivity contribution in [2.75, 3.05) is 26.3 Å². The Labute approximate surface area is 193 Å². The summed E-state index contributed by atoms with van der Waals surface area (Å²) >= 11 is 6.03. The highest BCUT2D eigenvalue weighted by atomic mass is 35.5. The molecule has 7 nitrogen and oxygen atoms in total. The van der Waals surface area contributed by atoms with Crippen LogP contribution in [0, 0.1) is 0 Å². The number of morpholine rings is 1. The van der Waals surface area contributed by atoms with Crippen molar-refractivity contribution in [2.45, 2.75) is 30.5 Å². The van der Waals surface area contributed by atoms with E-state index in [4.69, 9.17) is 21.1 Å². The number of aliphatic carboxylic acids is 1. The largest absolute Gasteiger partial charge is 0.479 e. The first-order valence-corrected chi connectivity index (χ1v) is 11.8. The van der Waals surface area contributed by atoms with E-state index < -0.39 is 38.7 Å². The van der Waals surface area contributed by atoms with Gasteiger partial charge in [0.2, 0.25) is 10.0 Å². The Morgan fingerprint density at radius 3 is 2.45 bits per heavy atom. The van der Waals surface area contributed by atoms with Gasteiger partial charge in [-0.05, 0) is 42.3 Å². The third kappa shape index (κ3) is 5.60. The maximum atomic E-state index is 13.9. The zero-order valence-corrected chi connectivity index (χ0v) is 19.0. The van der Waals surface area contributed by atoms with Crippen molar-refractivity contribution in [1.29, 1.82) is 0 Å². The number of carboxylic acid groups (broad SMARTS) is 1. The Morgan fingerprint density at radius 2 is 1.88 bits per heavy atom. The summed E-state index contributed by atoms with van der Waals surface area (Å²) in [4.78, 5) is 10.5. The molecule has 1 aliphatic rings. The summed E-state index contributed by atoms with van der Waals surface area (Å²) < 4.78 is 79.3. The highest BCUT2D eigenvalue weighted by Gasteiger charge is 2.40. The van der Waals surface area contributed by atoms with Gasteiger partial charge in [0.1, 0.15) is 5.75 Å². The molecule has 0 aliphatic carbocycles. The molecule has 3 rings (SSSR count). The minimum Gasteiger partial charge on any atom is -0.479 e. The van der Waals surface area contributed by atoms with Gasteiger partial charge in [0.15, 0.2) is 6.10 Å². The van der Waals surface area contributed by atoms with Crippen molar-refractivity contribution in [1.82, 2.24) is 4.31 Å². The third-order valence-electron chi connectivity index (χ3n) is 5.04. The lowest BCUT2D eigenvalue weighted by Crippen LogP contribution is -2.41. The van der Waals surface area contributed by atoms with Crippen LogP contribution in [-0.4, -0.2) is 56.2 Å². The monoisotopic (exact) mass is 507 g/mol. The fourth-order valence-electron chi connectivity index (χ4n) is 3.36. The molecule has 33 heavy (non-hydrogen) atoms. The first kappa shape index (κ1) is 25.3. The van der Waals surface area contributed by atoms with Gasteiger partial charge in [-0.15, -0.1) is 0 Å². The molecule has 1 fully saturated rings. The summed E-state index contributed by atoms with van der Waals surface area (Å²) in [5, 5.41) is 9.45. The fraction of sp³-hybridized carbons (Fsp3) is 0.381. The number of hydrogen-bond donors (Lipinski definition) is 1. The number of alkyl halides is 3. The predicted octanol–water partition coefficient (Wildman–Crippen LogP) is 4.29. The van der Waals surface area contributed by atoms with E-state index in [2.05, 4.69) is 0 Å². The standard InChI is InChI=1S/C21H21ClF3NO6S/c1-2-17(20(27)28)32-18-5-4-14(22)12-15(18)13-3-6-19(16(11-13)21(23,24)25)33(29,30)26-7-9-31-10-8-26/h3-6,11-12,17H,2,7-10H2,1H3,(H,27,28). The number of ether oxygens (including phenoxy) is 2. The maximum absolute atomic E-state index is 13.9. The Morgan fingerprint density at radius 1 is 1.21 bits per heavy atom. The van der Waals surface area contributed by atoms with E-state index in [-0.39, 0.29) is 54.6 Å². The van der Waals surface area contributed by atoms with Crippen LogP contribution in [0.1, 0.15) is 18.9 Å². The van der Waals surface area contributed by atoms with Gasteiger partial charge in [-0.1, -0.05) is 24.6 Å². The Hall–Kier alpha value is -2.34. The SMILES string of the molecule is CCC(Oc1ccc(Cl)cc1-c1ccc(S(=O)(=O)N2CCOCC2)c(C(F)(F)F)c1)C(=O)O. The van der Waals surface area contributed by atoms with Crippen LogP contribution in [0.3, 0.4) is 0 Å². The van der Waals surface area contributed by atoms with Crippen LogP contribution in [0.4, 0.5) is 13.2 Å². The molecular weight excluding hydrogens is 487 g/mol. The minimum absolute atomic E-state index is 0.00515. The van der Waals surface area contributed by atoms with Crippen molar-refractivity contribution >= 4 is 27.6 Å². The zero-order valence-electron chi connectivity index (χ0n) is 17.4. The van der Waals surface area contributed by atoms with Crippen LogP contribution in [0.15, 0.2) is 41.3 Å². The molecule has 2 aromatic rings. The smallest absolute Gasteiger partial charge is 0.417 e. The minimum atomic E-state index is -4.97. The highest BCUT2D eigenvalue weighted by molar-refractivity contribution is 7.89. The quantitative estimate of drug-likeness (QED) is 0.601. The average Bonchev–Trinajstić information content (AvgIpc) is 2.77. The number of sulfonamides is 1. The predicted molar refractivity (Wildman–Crippen MR) is 114 cm³/mol. The van der Waals surface area contributed by atoms with Crippen molar-refractivity contribution in [2.24, 2.45) is 0 Å². The molecule has 2 aromatic carbocycles. The van der Waals surface area contributed by atoms with E-state index in [1.165, 1.54) is 24.3 Å². The number of carboxylic acids is 1. The van der Waals surface area contributed by atoms with Crippen molar-refractivity contribution in [3.05, 3.63) is 47.0 Å². The van der Waals surface area contributed by atoms with Gasteiger partial charge in [0.25, 0.3) is 0 Å². The second kappa shape index (κ2) is 9.88. The molecule has 0 spiro atoms. The number of halogens is 4. The Kier molecular flexibility index (Phi) is 7.57. The highest BCUT2D eigenvalue weighted by Crippen LogP contribution is 2.41. The molecule has 180 valence electrons. The van der Waals surface area contributed by atoms with Crippen molar-refractivity contribution in [3.8, 4) is 16.9 Å². The van der Waals surface area contributed by atoms with Gasteiger partial charge in [-0.2, -0.15) is 17.5 Å². The second-order valence-corrected chi connectivity index (χ2v) is 9.56. The van der Waals surface area contributed by atoms with Crippen molar-refractivity contribution < 1.29 is 41.0 Å². The van der Waals surface area contributed by atoms with Gasteiger partial charge in [0, 0.05) is 23.7 Å². The molecule has 1 atom stereocenters.